The van der Waals surface area contributed by atoms with Crippen molar-refractivity contribution in [3.63, 3.8) is 0 Å². The second-order valence-corrected chi connectivity index (χ2v) is 10.9. The Morgan fingerprint density at radius 1 is 1.10 bits per heavy atom. The molecule has 8 nitrogen and oxygen atoms in total. The van der Waals surface area contributed by atoms with Crippen LogP contribution < -0.4 is 20.9 Å². The summed E-state index contributed by atoms with van der Waals surface area (Å²) >= 11 is 0. The quantitative estimate of drug-likeness (QED) is 0.235. The van der Waals surface area contributed by atoms with Gasteiger partial charge in [-0.15, -0.1) is 0 Å². The first-order valence-corrected chi connectivity index (χ1v) is 13.8. The minimum atomic E-state index is -4.73. The highest BCUT2D eigenvalue weighted by Gasteiger charge is 2.43. The van der Waals surface area contributed by atoms with Gasteiger partial charge in [-0.3, -0.25) is 4.79 Å². The van der Waals surface area contributed by atoms with Crippen molar-refractivity contribution in [1.82, 2.24) is 9.97 Å². The van der Waals surface area contributed by atoms with Gasteiger partial charge in [0.1, 0.15) is 11.8 Å². The van der Waals surface area contributed by atoms with Crippen LogP contribution in [-0.4, -0.2) is 39.9 Å². The third kappa shape index (κ3) is 8.22. The molecule has 0 bridgehead atoms. The van der Waals surface area contributed by atoms with Gasteiger partial charge in [-0.2, -0.15) is 18.2 Å². The molecule has 0 fully saturated rings. The van der Waals surface area contributed by atoms with Crippen LogP contribution in [0.1, 0.15) is 56.9 Å². The fourth-order valence-corrected chi connectivity index (χ4v) is 4.79. The number of nitrogens with zero attached hydrogens (tertiary/aromatic N) is 2. The number of aromatic nitrogens is 2. The van der Waals surface area contributed by atoms with Gasteiger partial charge in [0.05, 0.1) is 12.3 Å². The van der Waals surface area contributed by atoms with Crippen LogP contribution in [-0.2, 0) is 4.79 Å². The van der Waals surface area contributed by atoms with Crippen molar-refractivity contribution < 1.29 is 32.5 Å². The Morgan fingerprint density at radius 2 is 1.83 bits per heavy atom. The third-order valence-electron chi connectivity index (χ3n) is 6.97. The number of allylic oxidation sites excluding steroid dienone is 2. The smallest absolute Gasteiger partial charge is 0.429 e. The Hall–Kier alpha value is -4.12. The molecule has 2 aromatic carbocycles. The predicted octanol–water partition coefficient (Wildman–Crippen LogP) is 6.43. The van der Waals surface area contributed by atoms with Crippen LogP contribution in [0.15, 0.2) is 60.7 Å². The summed E-state index contributed by atoms with van der Waals surface area (Å²) in [5.41, 5.74) is 14.1. The maximum atomic E-state index is 14.2. The van der Waals surface area contributed by atoms with E-state index in [2.05, 4.69) is 9.97 Å². The maximum Gasteiger partial charge on any atom is 0.429 e. The lowest BCUT2D eigenvalue weighted by Crippen LogP contribution is -2.32. The number of aliphatic carboxylic acids is 1. The molecule has 1 aliphatic carbocycles. The largest absolute Gasteiger partial charge is 0.493 e. The zero-order valence-corrected chi connectivity index (χ0v) is 23.5. The molecule has 0 radical (unpaired) electrons. The molecule has 11 heteroatoms. The minimum absolute atomic E-state index is 0.0855. The van der Waals surface area contributed by atoms with Crippen LogP contribution in [0.25, 0.3) is 16.7 Å². The number of nitrogen functional groups attached to an aromatic ring is 1. The number of carbonyl (C=O) groups is 1. The number of rotatable bonds is 11. The van der Waals surface area contributed by atoms with E-state index < -0.39 is 24.3 Å². The van der Waals surface area contributed by atoms with Crippen LogP contribution in [0.5, 0.6) is 11.6 Å². The molecule has 3 aromatic rings. The molecule has 1 aliphatic rings. The number of nitrogens with two attached hydrogens (primary N) is 2. The SMILES string of the molecule is CC(C)COc1cccc(-c2ccc([C@@H](Oc3cc(C4=CCC(C[C@H](N)C(=O)O)CC4)nc(N)n3)C(F)(F)F)cc2)c1. The number of hydrogen-bond acceptors (Lipinski definition) is 7. The molecular formula is C31H35F3N4O4. The first-order valence-electron chi connectivity index (χ1n) is 13.8. The molecule has 3 atom stereocenters. The van der Waals surface area contributed by atoms with Crippen LogP contribution in [0, 0.1) is 11.8 Å². The van der Waals surface area contributed by atoms with Crippen molar-refractivity contribution >= 4 is 17.5 Å². The van der Waals surface area contributed by atoms with Gasteiger partial charge in [0.25, 0.3) is 0 Å². The summed E-state index contributed by atoms with van der Waals surface area (Å²) in [6, 6.07) is 13.8. The Kier molecular flexibility index (Phi) is 9.72. The van der Waals surface area contributed by atoms with Crippen molar-refractivity contribution in [1.29, 1.82) is 0 Å². The minimum Gasteiger partial charge on any atom is -0.493 e. The number of alkyl halides is 3. The molecule has 1 aromatic heterocycles. The van der Waals surface area contributed by atoms with Gasteiger partial charge < -0.3 is 26.0 Å². The lowest BCUT2D eigenvalue weighted by atomic mass is 9.84. The normalized spacial score (nSPS) is 16.9. The summed E-state index contributed by atoms with van der Waals surface area (Å²) in [4.78, 5) is 19.2. The third-order valence-corrected chi connectivity index (χ3v) is 6.97. The molecule has 224 valence electrons. The fourth-order valence-electron chi connectivity index (χ4n) is 4.79. The van der Waals surface area contributed by atoms with Gasteiger partial charge >= 0.3 is 12.1 Å². The second-order valence-electron chi connectivity index (χ2n) is 10.9. The lowest BCUT2D eigenvalue weighted by molar-refractivity contribution is -0.198. The van der Waals surface area contributed by atoms with Gasteiger partial charge in [-0.25, -0.2) is 4.98 Å². The molecule has 0 saturated carbocycles. The number of anilines is 1. The zero-order chi connectivity index (χ0) is 30.4. The number of benzene rings is 2. The number of halogens is 3. The summed E-state index contributed by atoms with van der Waals surface area (Å²) in [6.07, 6.45) is -3.01. The lowest BCUT2D eigenvalue weighted by Gasteiger charge is -2.24. The van der Waals surface area contributed by atoms with E-state index in [9.17, 15) is 18.0 Å². The van der Waals surface area contributed by atoms with E-state index in [-0.39, 0.29) is 23.3 Å². The maximum absolute atomic E-state index is 14.2. The first-order chi connectivity index (χ1) is 19.9. The molecule has 0 aliphatic heterocycles. The summed E-state index contributed by atoms with van der Waals surface area (Å²) in [7, 11) is 0. The van der Waals surface area contributed by atoms with Gasteiger partial charge in [0.2, 0.25) is 17.9 Å². The first kappa shape index (κ1) is 30.8. The highest BCUT2D eigenvalue weighted by atomic mass is 19.4. The second kappa shape index (κ2) is 13.2. The van der Waals surface area contributed by atoms with Crippen LogP contribution in [0.4, 0.5) is 19.1 Å². The van der Waals surface area contributed by atoms with E-state index in [1.807, 2.05) is 44.2 Å². The summed E-state index contributed by atoms with van der Waals surface area (Å²) < 4.78 is 53.8. The highest BCUT2D eigenvalue weighted by molar-refractivity contribution is 5.73. The molecule has 5 N–H and O–H groups in total. The van der Waals surface area contributed by atoms with Crippen LogP contribution in [0.3, 0.4) is 0 Å². The monoisotopic (exact) mass is 584 g/mol. The highest BCUT2D eigenvalue weighted by Crippen LogP contribution is 2.39. The number of ether oxygens (including phenoxy) is 2. The molecule has 4 rings (SSSR count). The standard InChI is InChI=1S/C31H35F3N4O4/c1-18(2)17-41-24-5-3-4-23(15-24)20-10-12-22(13-11-20)28(31(32,33)34)42-27-16-26(37-30(36)38-27)21-8-6-19(7-9-21)14-25(35)29(39)40/h3-5,8,10-13,15-16,18-19,25,28H,6-7,9,14,17,35H2,1-2H3,(H,39,40)(H2,36,37,38)/t19?,25-,28+/m0/s1. The topological polar surface area (TPSA) is 134 Å². The van der Waals surface area contributed by atoms with Gasteiger partial charge in [-0.1, -0.05) is 56.3 Å². The molecule has 0 amide bonds. The number of carboxylic acids is 1. The van der Waals surface area contributed by atoms with Crippen molar-refractivity contribution in [2.75, 3.05) is 12.3 Å². The Balaban J connectivity index is 1.51. The summed E-state index contributed by atoms with van der Waals surface area (Å²) in [5, 5.41) is 9.05. The predicted molar refractivity (Wildman–Crippen MR) is 154 cm³/mol. The number of hydrogen-bond donors (Lipinski definition) is 3. The van der Waals surface area contributed by atoms with E-state index in [0.717, 1.165) is 16.7 Å². The van der Waals surface area contributed by atoms with Gasteiger partial charge in [0.15, 0.2) is 0 Å². The summed E-state index contributed by atoms with van der Waals surface area (Å²) in [6.45, 7) is 4.65. The van der Waals surface area contributed by atoms with Gasteiger partial charge in [-0.05, 0) is 66.4 Å². The molecular weight excluding hydrogens is 549 g/mol. The van der Waals surface area contributed by atoms with Crippen LogP contribution >= 0.6 is 0 Å². The van der Waals surface area contributed by atoms with Crippen molar-refractivity contribution in [3.8, 4) is 22.8 Å². The average molecular weight is 585 g/mol. The summed E-state index contributed by atoms with van der Waals surface area (Å²) in [5.74, 6) is -0.432. The van der Waals surface area contributed by atoms with Crippen molar-refractivity contribution in [2.24, 2.45) is 17.6 Å². The molecule has 0 saturated heterocycles. The van der Waals surface area contributed by atoms with E-state index in [1.54, 1.807) is 12.1 Å². The van der Waals surface area contributed by atoms with Gasteiger partial charge in [0, 0.05) is 11.6 Å². The van der Waals surface area contributed by atoms with Crippen molar-refractivity contribution in [3.05, 3.63) is 71.9 Å². The Bertz CT molecular complexity index is 1410. The Labute approximate surface area is 242 Å². The van der Waals surface area contributed by atoms with Crippen LogP contribution in [0.2, 0.25) is 0 Å². The number of carboxylic acid groups (broad SMARTS) is 1. The molecule has 1 unspecified atom stereocenters. The molecule has 0 spiro atoms. The van der Waals surface area contributed by atoms with E-state index >= 15 is 0 Å². The average Bonchev–Trinajstić information content (AvgIpc) is 2.94. The molecule has 1 heterocycles. The van der Waals surface area contributed by atoms with E-state index in [0.29, 0.717) is 49.7 Å². The molecule has 42 heavy (non-hydrogen) atoms. The zero-order valence-electron chi connectivity index (χ0n) is 23.5. The van der Waals surface area contributed by atoms with E-state index in [4.69, 9.17) is 26.0 Å². The fraction of sp³-hybridized carbons (Fsp3) is 0.387. The van der Waals surface area contributed by atoms with E-state index in [1.165, 1.54) is 18.2 Å². The Morgan fingerprint density at radius 3 is 2.45 bits per heavy atom. The van der Waals surface area contributed by atoms with Crippen molar-refractivity contribution in [2.45, 2.75) is 57.9 Å².